The number of nitrogens with one attached hydrogen (secondary N) is 1. The fraction of sp³-hybridized carbons (Fsp3) is 0.333. The van der Waals surface area contributed by atoms with Gasteiger partial charge in [0, 0.05) is 5.56 Å². The van der Waals surface area contributed by atoms with Gasteiger partial charge in [0.1, 0.15) is 0 Å². The van der Waals surface area contributed by atoms with Gasteiger partial charge in [0.15, 0.2) is 10.0 Å². The smallest absolute Gasteiger partial charge is 0.273 e. The number of rotatable bonds is 5. The maximum absolute atomic E-state index is 12.8. The Bertz CT molecular complexity index is 1010. The summed E-state index contributed by atoms with van der Waals surface area (Å²) in [5.41, 5.74) is 1.52. The van der Waals surface area contributed by atoms with E-state index in [0.717, 1.165) is 11.3 Å². The molecule has 0 spiro atoms. The molecule has 0 fully saturated rings. The Hall–Kier alpha value is -2.33. The van der Waals surface area contributed by atoms with Crippen LogP contribution in [0.4, 0.5) is 5.69 Å². The molecule has 0 aliphatic carbocycles. The third-order valence-corrected chi connectivity index (χ3v) is 6.55. The zero-order chi connectivity index (χ0) is 18.2. The molecule has 8 nitrogen and oxygen atoms in total. The summed E-state index contributed by atoms with van der Waals surface area (Å²) in [6.07, 6.45) is 0. The number of benzene rings is 1. The Morgan fingerprint density at radius 2 is 1.92 bits per heavy atom. The molecule has 0 radical (unpaired) electrons. The van der Waals surface area contributed by atoms with Gasteiger partial charge in [-0.15, -0.1) is 16.4 Å². The average molecular weight is 378 g/mol. The number of hydrogen-bond acceptors (Lipinski definition) is 7. The van der Waals surface area contributed by atoms with Crippen LogP contribution in [0.3, 0.4) is 0 Å². The summed E-state index contributed by atoms with van der Waals surface area (Å²) < 4.78 is 30.1. The van der Waals surface area contributed by atoms with Crippen LogP contribution in [-0.4, -0.2) is 33.6 Å². The van der Waals surface area contributed by atoms with Gasteiger partial charge in [0.2, 0.25) is 0 Å². The summed E-state index contributed by atoms with van der Waals surface area (Å²) in [5, 5.41) is 12.4. The van der Waals surface area contributed by atoms with Crippen LogP contribution in [0.5, 0.6) is 0 Å². The van der Waals surface area contributed by atoms with E-state index in [-0.39, 0.29) is 10.3 Å². The van der Waals surface area contributed by atoms with Crippen molar-refractivity contribution >= 4 is 27.0 Å². The molecule has 0 aliphatic rings. The molecule has 0 saturated carbocycles. The van der Waals surface area contributed by atoms with Gasteiger partial charge in [0.25, 0.3) is 10.0 Å². The highest BCUT2D eigenvalue weighted by atomic mass is 32.2. The molecule has 0 saturated heterocycles. The van der Waals surface area contributed by atoms with Crippen molar-refractivity contribution in [2.75, 3.05) is 4.72 Å². The number of tetrazole rings is 1. The van der Waals surface area contributed by atoms with Crippen molar-refractivity contribution in [3.8, 4) is 11.4 Å². The molecule has 2 heterocycles. The molecular formula is C15H18N6O2S2. The van der Waals surface area contributed by atoms with Gasteiger partial charge in [-0.2, -0.15) is 0 Å². The van der Waals surface area contributed by atoms with Crippen molar-refractivity contribution in [1.29, 1.82) is 0 Å². The molecule has 3 rings (SSSR count). The normalized spacial score (nSPS) is 11.9. The summed E-state index contributed by atoms with van der Waals surface area (Å²) in [6, 6.07) is 7.09. The van der Waals surface area contributed by atoms with Crippen molar-refractivity contribution in [2.45, 2.75) is 37.9 Å². The molecule has 10 heteroatoms. The molecular weight excluding hydrogens is 360 g/mol. The van der Waals surface area contributed by atoms with Gasteiger partial charge in [0.05, 0.1) is 22.4 Å². The Morgan fingerprint density at radius 1 is 1.20 bits per heavy atom. The Morgan fingerprint density at radius 3 is 2.56 bits per heavy atom. The maximum Gasteiger partial charge on any atom is 0.273 e. The van der Waals surface area contributed by atoms with Crippen LogP contribution in [0, 0.1) is 13.8 Å². The van der Waals surface area contributed by atoms with E-state index in [1.807, 2.05) is 19.9 Å². The fourth-order valence-electron chi connectivity index (χ4n) is 2.44. The molecule has 3 aromatic rings. The maximum atomic E-state index is 12.8. The molecule has 0 atom stereocenters. The van der Waals surface area contributed by atoms with Crippen molar-refractivity contribution in [1.82, 2.24) is 25.2 Å². The Balaban J connectivity index is 2.05. The van der Waals surface area contributed by atoms with Crippen molar-refractivity contribution < 1.29 is 8.42 Å². The predicted octanol–water partition coefficient (Wildman–Crippen LogP) is 2.80. The lowest BCUT2D eigenvalue weighted by molar-refractivity contribution is 0.519. The molecule has 0 amide bonds. The summed E-state index contributed by atoms with van der Waals surface area (Å²) in [7, 11) is -3.74. The predicted molar refractivity (Wildman–Crippen MR) is 96.0 cm³/mol. The molecule has 1 aromatic carbocycles. The van der Waals surface area contributed by atoms with Gasteiger partial charge in [-0.1, -0.05) is 12.1 Å². The quantitative estimate of drug-likeness (QED) is 0.732. The molecule has 0 aliphatic heterocycles. The minimum absolute atomic E-state index is 0.0426. The van der Waals surface area contributed by atoms with Crippen molar-refractivity contribution in [3.63, 3.8) is 0 Å². The number of aromatic nitrogens is 5. The van der Waals surface area contributed by atoms with E-state index in [9.17, 15) is 8.42 Å². The third kappa shape index (κ3) is 3.40. The summed E-state index contributed by atoms with van der Waals surface area (Å²) in [4.78, 5) is 4.19. The van der Waals surface area contributed by atoms with Crippen LogP contribution in [0.1, 0.15) is 30.6 Å². The second kappa shape index (κ2) is 6.52. The van der Waals surface area contributed by atoms with E-state index in [1.54, 1.807) is 36.7 Å². The summed E-state index contributed by atoms with van der Waals surface area (Å²) in [5.74, 6) is 0.505. The molecule has 2 aromatic heterocycles. The summed E-state index contributed by atoms with van der Waals surface area (Å²) >= 11 is 1.14. The number of hydrogen-bond donors (Lipinski definition) is 1. The molecule has 25 heavy (non-hydrogen) atoms. The lowest BCUT2D eigenvalue weighted by Crippen LogP contribution is -2.14. The molecule has 1 N–H and O–H groups in total. The number of anilines is 1. The van der Waals surface area contributed by atoms with Crippen LogP contribution in [0.15, 0.2) is 28.5 Å². The second-order valence-electron chi connectivity index (χ2n) is 5.80. The lowest BCUT2D eigenvalue weighted by Gasteiger charge is -2.13. The minimum Gasteiger partial charge on any atom is -0.278 e. The van der Waals surface area contributed by atoms with Gasteiger partial charge in [-0.25, -0.2) is 18.1 Å². The Kier molecular flexibility index (Phi) is 4.56. The number of nitrogens with zero attached hydrogens (tertiary/aromatic N) is 5. The van der Waals surface area contributed by atoms with Crippen molar-refractivity contribution in [2.24, 2.45) is 0 Å². The highest BCUT2D eigenvalue weighted by Crippen LogP contribution is 2.31. The zero-order valence-corrected chi connectivity index (χ0v) is 15.9. The summed E-state index contributed by atoms with van der Waals surface area (Å²) in [6.45, 7) is 7.37. The number of thiazole rings is 1. The monoisotopic (exact) mass is 378 g/mol. The van der Waals surface area contributed by atoms with Crippen LogP contribution in [0.25, 0.3) is 11.4 Å². The van der Waals surface area contributed by atoms with Crippen molar-refractivity contribution in [3.05, 3.63) is 35.0 Å². The van der Waals surface area contributed by atoms with Crippen LogP contribution >= 0.6 is 11.3 Å². The van der Waals surface area contributed by atoms with E-state index in [1.165, 1.54) is 0 Å². The standard InChI is InChI=1S/C15H18N6O2S2/c1-9(2)21-14(17-19-20-21)12-7-5-6-8-13(12)18-25(22,23)15-10(3)16-11(4)24-15/h5-9,18H,1-4H3. The topological polar surface area (TPSA) is 103 Å². The zero-order valence-electron chi connectivity index (χ0n) is 14.3. The average Bonchev–Trinajstić information content (AvgIpc) is 3.14. The number of para-hydroxylation sites is 1. The van der Waals surface area contributed by atoms with Gasteiger partial charge < -0.3 is 0 Å². The molecule has 0 unspecified atom stereocenters. The van der Waals surface area contributed by atoms with E-state index in [4.69, 9.17) is 0 Å². The first kappa shape index (κ1) is 17.5. The lowest BCUT2D eigenvalue weighted by atomic mass is 10.1. The first-order valence-electron chi connectivity index (χ1n) is 7.63. The van der Waals surface area contributed by atoms with Crippen LogP contribution in [0.2, 0.25) is 0 Å². The highest BCUT2D eigenvalue weighted by Gasteiger charge is 2.23. The van der Waals surface area contributed by atoms with Gasteiger partial charge >= 0.3 is 0 Å². The van der Waals surface area contributed by atoms with E-state index in [0.29, 0.717) is 27.8 Å². The van der Waals surface area contributed by atoms with Gasteiger partial charge in [-0.05, 0) is 50.3 Å². The first-order valence-corrected chi connectivity index (χ1v) is 9.93. The largest absolute Gasteiger partial charge is 0.278 e. The Labute approximate surface area is 150 Å². The van der Waals surface area contributed by atoms with Crippen LogP contribution in [-0.2, 0) is 10.0 Å². The van der Waals surface area contributed by atoms with E-state index in [2.05, 4.69) is 25.2 Å². The molecule has 0 bridgehead atoms. The first-order chi connectivity index (χ1) is 11.8. The van der Waals surface area contributed by atoms with Crippen LogP contribution < -0.4 is 4.72 Å². The highest BCUT2D eigenvalue weighted by molar-refractivity contribution is 7.94. The third-order valence-electron chi connectivity index (χ3n) is 3.50. The fourth-order valence-corrected chi connectivity index (χ4v) is 5.00. The van der Waals surface area contributed by atoms with E-state index >= 15 is 0 Å². The van der Waals surface area contributed by atoms with Gasteiger partial charge in [-0.3, -0.25) is 4.72 Å². The molecule has 132 valence electrons. The minimum atomic E-state index is -3.74. The SMILES string of the molecule is Cc1nc(C)c(S(=O)(=O)Nc2ccccc2-c2nnnn2C(C)C)s1. The van der Waals surface area contributed by atoms with E-state index < -0.39 is 10.0 Å². The second-order valence-corrected chi connectivity index (χ2v) is 8.88. The number of sulfonamides is 1. The number of aryl methyl sites for hydroxylation is 2.